The summed E-state index contributed by atoms with van der Waals surface area (Å²) in [5.74, 6) is -0.0229. The Morgan fingerprint density at radius 2 is 1.93 bits per heavy atom. The Labute approximate surface area is 259 Å². The number of nitrogens with zero attached hydrogens (tertiary/aromatic N) is 2. The average Bonchev–Trinajstić information content (AvgIpc) is 3.53. The SMILES string of the molecule is CCC[C@H](CO)CCCC(=O)CC(=O)CCc1cc(OC)c(O)c([C@@H]2c3ccnc(N)c3C=C[C@@]2(CO)Cc2ccc[n-]2)c1. The Hall–Kier alpha value is -3.95. The van der Waals surface area contributed by atoms with Crippen LogP contribution in [0.4, 0.5) is 5.82 Å². The van der Waals surface area contributed by atoms with E-state index in [1.807, 2.05) is 36.4 Å². The molecule has 9 heteroatoms. The third kappa shape index (κ3) is 7.57. The summed E-state index contributed by atoms with van der Waals surface area (Å²) in [6, 6.07) is 9.15. The largest absolute Gasteiger partial charge is 0.668 e. The number of phenols is 1. The van der Waals surface area contributed by atoms with Crippen molar-refractivity contribution < 1.29 is 29.6 Å². The van der Waals surface area contributed by atoms with E-state index in [1.165, 1.54) is 7.11 Å². The molecule has 236 valence electrons. The number of carbonyl (C=O) groups is 2. The number of ether oxygens (including phenoxy) is 1. The monoisotopic (exact) mass is 602 g/mol. The van der Waals surface area contributed by atoms with E-state index in [0.717, 1.165) is 41.6 Å². The molecule has 1 aliphatic carbocycles. The average molecular weight is 603 g/mol. The van der Waals surface area contributed by atoms with Gasteiger partial charge in [-0.3, -0.25) is 9.59 Å². The van der Waals surface area contributed by atoms with Crippen molar-refractivity contribution in [1.82, 2.24) is 9.97 Å². The van der Waals surface area contributed by atoms with Crippen LogP contribution >= 0.6 is 0 Å². The number of fused-ring (bicyclic) bond motifs is 1. The first-order chi connectivity index (χ1) is 21.2. The first kappa shape index (κ1) is 33.0. The number of methoxy groups -OCH3 is 1. The van der Waals surface area contributed by atoms with Crippen LogP contribution in [0.15, 0.2) is 48.8 Å². The molecule has 0 amide bonds. The molecule has 0 spiro atoms. The molecule has 0 aliphatic heterocycles. The van der Waals surface area contributed by atoms with Crippen molar-refractivity contribution in [1.29, 1.82) is 0 Å². The third-order valence-corrected chi connectivity index (χ3v) is 8.75. The number of nitrogen functional groups attached to an aromatic ring is 1. The van der Waals surface area contributed by atoms with Crippen molar-refractivity contribution in [2.75, 3.05) is 26.1 Å². The maximum Gasteiger partial charge on any atom is 0.161 e. The zero-order valence-electron chi connectivity index (χ0n) is 25.7. The molecule has 0 unspecified atom stereocenters. The number of aromatic hydroxyl groups is 1. The van der Waals surface area contributed by atoms with Crippen molar-refractivity contribution >= 4 is 23.5 Å². The van der Waals surface area contributed by atoms with Crippen molar-refractivity contribution in [3.05, 3.63) is 76.7 Å². The highest BCUT2D eigenvalue weighted by Crippen LogP contribution is 2.53. The van der Waals surface area contributed by atoms with Crippen LogP contribution in [0.2, 0.25) is 0 Å². The Balaban J connectivity index is 1.58. The van der Waals surface area contributed by atoms with Crippen molar-refractivity contribution in [2.24, 2.45) is 11.3 Å². The molecule has 0 radical (unpaired) electrons. The predicted molar refractivity (Wildman–Crippen MR) is 169 cm³/mol. The van der Waals surface area contributed by atoms with Gasteiger partial charge in [0, 0.05) is 48.1 Å². The van der Waals surface area contributed by atoms with Gasteiger partial charge in [-0.05, 0) is 61.3 Å². The highest BCUT2D eigenvalue weighted by molar-refractivity contribution is 5.99. The number of carbonyl (C=O) groups excluding carboxylic acids is 2. The van der Waals surface area contributed by atoms with E-state index >= 15 is 0 Å². The van der Waals surface area contributed by atoms with Crippen LogP contribution < -0.4 is 15.5 Å². The van der Waals surface area contributed by atoms with Gasteiger partial charge in [0.1, 0.15) is 17.4 Å². The Morgan fingerprint density at radius 1 is 1.14 bits per heavy atom. The standard InChI is InChI=1S/C35H44N3O6/c1-3-6-23(21-39)7-4-9-26(41)19-27(42)11-10-24-17-30(33(43)31(18-24)44-2)32-28-13-16-38-34(36)29(28)12-14-35(32,22-40)20-25-8-5-15-37-25/h5,8,12-18,23,32,39-40,43H,3-4,6-7,9-11,19-22H2,1-2H3,(H2,36,38)/q-1/t23-,32-,35-/m0/s1. The normalized spacial score (nSPS) is 18.1. The molecule has 2 heterocycles. The molecule has 9 nitrogen and oxygen atoms in total. The summed E-state index contributed by atoms with van der Waals surface area (Å²) in [6.07, 6.45) is 11.6. The molecule has 0 saturated heterocycles. The first-order valence-electron chi connectivity index (χ1n) is 15.4. The number of phenolic OH excluding ortho intramolecular Hbond substituents is 1. The van der Waals surface area contributed by atoms with Crippen LogP contribution in [0.1, 0.15) is 85.7 Å². The minimum atomic E-state index is -0.863. The first-order valence-corrected chi connectivity index (χ1v) is 15.4. The second kappa shape index (κ2) is 15.2. The number of hydrogen-bond acceptors (Lipinski definition) is 8. The van der Waals surface area contributed by atoms with Crippen molar-refractivity contribution in [2.45, 2.75) is 70.6 Å². The maximum atomic E-state index is 12.8. The molecule has 1 aliphatic rings. The topological polar surface area (TPSA) is 157 Å². The molecule has 44 heavy (non-hydrogen) atoms. The zero-order chi connectivity index (χ0) is 31.7. The van der Waals surface area contributed by atoms with Gasteiger partial charge < -0.3 is 30.8 Å². The van der Waals surface area contributed by atoms with Crippen molar-refractivity contribution in [3.63, 3.8) is 0 Å². The fourth-order valence-corrected chi connectivity index (χ4v) is 6.42. The number of pyridine rings is 1. The molecule has 5 N–H and O–H groups in total. The third-order valence-electron chi connectivity index (χ3n) is 8.75. The van der Waals surface area contributed by atoms with E-state index < -0.39 is 11.3 Å². The second-order valence-corrected chi connectivity index (χ2v) is 11.9. The number of ketones is 2. The van der Waals surface area contributed by atoms with Crippen molar-refractivity contribution in [3.8, 4) is 11.5 Å². The molecule has 3 atom stereocenters. The Kier molecular flexibility index (Phi) is 11.4. The predicted octanol–water partition coefficient (Wildman–Crippen LogP) is 4.76. The summed E-state index contributed by atoms with van der Waals surface area (Å²) in [6.45, 7) is 1.96. The van der Waals surface area contributed by atoms with E-state index in [0.29, 0.717) is 37.1 Å². The summed E-state index contributed by atoms with van der Waals surface area (Å²) in [4.78, 5) is 34.0. The van der Waals surface area contributed by atoms with Gasteiger partial charge in [-0.1, -0.05) is 43.7 Å². The van der Waals surface area contributed by atoms with Crippen LogP contribution in [-0.4, -0.2) is 52.2 Å². The lowest BCUT2D eigenvalue weighted by atomic mass is 9.63. The number of aromatic nitrogens is 2. The Morgan fingerprint density at radius 3 is 2.61 bits per heavy atom. The fourth-order valence-electron chi connectivity index (χ4n) is 6.42. The molecule has 2 aromatic heterocycles. The summed E-state index contributed by atoms with van der Waals surface area (Å²) in [7, 11) is 1.47. The number of hydrogen-bond donors (Lipinski definition) is 4. The van der Waals surface area contributed by atoms with Crippen LogP contribution in [-0.2, 0) is 22.4 Å². The smallest absolute Gasteiger partial charge is 0.161 e. The van der Waals surface area contributed by atoms with Gasteiger partial charge in [0.2, 0.25) is 0 Å². The van der Waals surface area contributed by atoms with Gasteiger partial charge in [-0.15, -0.1) is 0 Å². The fraction of sp³-hybridized carbons (Fsp3) is 0.457. The number of rotatable bonds is 17. The lowest BCUT2D eigenvalue weighted by Gasteiger charge is -2.42. The van der Waals surface area contributed by atoms with Gasteiger partial charge in [0.15, 0.2) is 11.5 Å². The van der Waals surface area contributed by atoms with Crippen LogP contribution in [0.3, 0.4) is 0 Å². The molecule has 0 bridgehead atoms. The summed E-state index contributed by atoms with van der Waals surface area (Å²) >= 11 is 0. The quantitative estimate of drug-likeness (QED) is 0.160. The van der Waals surface area contributed by atoms with Crippen LogP contribution in [0.5, 0.6) is 11.5 Å². The van der Waals surface area contributed by atoms with E-state index in [4.69, 9.17) is 10.5 Å². The molecule has 0 fully saturated rings. The minimum Gasteiger partial charge on any atom is -0.668 e. The summed E-state index contributed by atoms with van der Waals surface area (Å²) < 4.78 is 5.56. The van der Waals surface area contributed by atoms with E-state index in [1.54, 1.807) is 18.5 Å². The highest BCUT2D eigenvalue weighted by atomic mass is 16.5. The molecular formula is C35H44N3O6-. The van der Waals surface area contributed by atoms with E-state index in [-0.39, 0.29) is 55.0 Å². The molecule has 1 aromatic carbocycles. The van der Waals surface area contributed by atoms with Gasteiger partial charge in [0.25, 0.3) is 0 Å². The molecule has 0 saturated carbocycles. The number of nitrogens with two attached hydrogens (primary N) is 1. The van der Waals surface area contributed by atoms with Crippen LogP contribution in [0, 0.1) is 11.3 Å². The van der Waals surface area contributed by atoms with Gasteiger partial charge >= 0.3 is 0 Å². The lowest BCUT2D eigenvalue weighted by molar-refractivity contribution is -0.127. The number of benzene rings is 1. The summed E-state index contributed by atoms with van der Waals surface area (Å²) in [5.41, 5.74) is 9.01. The van der Waals surface area contributed by atoms with E-state index in [9.17, 15) is 24.9 Å². The second-order valence-electron chi connectivity index (χ2n) is 11.9. The maximum absolute atomic E-state index is 12.8. The number of anilines is 1. The highest BCUT2D eigenvalue weighted by Gasteiger charge is 2.43. The van der Waals surface area contributed by atoms with Gasteiger partial charge in [0.05, 0.1) is 20.1 Å². The Bertz CT molecular complexity index is 1450. The van der Waals surface area contributed by atoms with Crippen LogP contribution in [0.25, 0.3) is 6.08 Å². The zero-order valence-corrected chi connectivity index (χ0v) is 25.7. The van der Waals surface area contributed by atoms with Gasteiger partial charge in [-0.2, -0.15) is 11.9 Å². The summed E-state index contributed by atoms with van der Waals surface area (Å²) in [5, 5.41) is 31.9. The minimum absolute atomic E-state index is 0.0584. The van der Waals surface area contributed by atoms with E-state index in [2.05, 4.69) is 16.9 Å². The number of aliphatic hydroxyl groups is 2. The molecule has 4 rings (SSSR count). The lowest BCUT2D eigenvalue weighted by Crippen LogP contribution is -2.37. The number of aliphatic hydroxyl groups excluding tert-OH is 2. The molecular weight excluding hydrogens is 558 g/mol. The molecule has 3 aromatic rings. The number of aryl methyl sites for hydroxylation is 1. The van der Waals surface area contributed by atoms with Gasteiger partial charge in [-0.25, -0.2) is 4.98 Å². The number of Topliss-reactive ketones (excluding diaryl/α,β-unsaturated/α-hetero) is 2.